The molecule has 1 atom stereocenters. The number of carbonyl (C=O) groups excluding carboxylic acids is 2. The quantitative estimate of drug-likeness (QED) is 0.252. The van der Waals surface area contributed by atoms with E-state index in [2.05, 4.69) is 0 Å². The molecule has 1 amide bonds. The number of hydrogen-bond donors (Lipinski definition) is 0. The van der Waals surface area contributed by atoms with Crippen LogP contribution in [0.4, 0.5) is 10.1 Å². The number of anilines is 1. The van der Waals surface area contributed by atoms with Gasteiger partial charge in [-0.3, -0.25) is 9.59 Å². The first-order valence-electron chi connectivity index (χ1n) is 13.4. The number of amides is 1. The van der Waals surface area contributed by atoms with E-state index in [0.717, 1.165) is 22.0 Å². The Balaban J connectivity index is 1.50. The van der Waals surface area contributed by atoms with Crippen molar-refractivity contribution in [3.63, 3.8) is 0 Å². The highest BCUT2D eigenvalue weighted by molar-refractivity contribution is 7.90. The van der Waals surface area contributed by atoms with Crippen LogP contribution < -0.4 is 4.90 Å². The predicted molar refractivity (Wildman–Crippen MR) is 164 cm³/mol. The summed E-state index contributed by atoms with van der Waals surface area (Å²) < 4.78 is 68.9. The zero-order chi connectivity index (χ0) is 31.1. The molecule has 8 nitrogen and oxygen atoms in total. The van der Waals surface area contributed by atoms with Crippen LogP contribution >= 0.6 is 11.6 Å². The summed E-state index contributed by atoms with van der Waals surface area (Å²) in [6.07, 6.45) is 1.57. The Labute approximate surface area is 254 Å². The summed E-state index contributed by atoms with van der Waals surface area (Å²) in [5, 5.41) is 1.83. The fourth-order valence-corrected chi connectivity index (χ4v) is 8.12. The third-order valence-electron chi connectivity index (χ3n) is 7.35. The van der Waals surface area contributed by atoms with E-state index in [4.69, 9.17) is 11.6 Å². The highest BCUT2D eigenvalue weighted by Crippen LogP contribution is 2.34. The maximum absolute atomic E-state index is 15.6. The Morgan fingerprint density at radius 2 is 1.67 bits per heavy atom. The van der Waals surface area contributed by atoms with Crippen LogP contribution in [0, 0.1) is 5.82 Å². The minimum absolute atomic E-state index is 0.0399. The summed E-state index contributed by atoms with van der Waals surface area (Å²) in [5.74, 6) is -1.89. The first-order valence-corrected chi connectivity index (χ1v) is 17.1. The second-order valence-corrected chi connectivity index (χ2v) is 14.8. The molecule has 0 spiro atoms. The van der Waals surface area contributed by atoms with Crippen molar-refractivity contribution in [3.8, 4) is 11.1 Å². The number of piperidine rings is 1. The largest absolute Gasteiger partial charge is 0.308 e. The summed E-state index contributed by atoms with van der Waals surface area (Å²) in [7, 11) is -7.92. The fraction of sp³-hybridized carbons (Fsp3) is 0.226. The molecule has 0 bridgehead atoms. The Morgan fingerprint density at radius 1 is 0.977 bits per heavy atom. The van der Waals surface area contributed by atoms with Crippen molar-refractivity contribution in [2.24, 2.45) is 0 Å². The van der Waals surface area contributed by atoms with Crippen LogP contribution in [0.1, 0.15) is 19.8 Å². The Kier molecular flexibility index (Phi) is 8.45. The first kappa shape index (κ1) is 30.8. The van der Waals surface area contributed by atoms with Crippen molar-refractivity contribution in [3.05, 3.63) is 89.7 Å². The van der Waals surface area contributed by atoms with E-state index in [9.17, 15) is 26.4 Å². The van der Waals surface area contributed by atoms with Crippen molar-refractivity contribution < 1.29 is 30.8 Å². The maximum Gasteiger partial charge on any atom is 0.245 e. The zero-order valence-electron chi connectivity index (χ0n) is 23.3. The Hall–Kier alpha value is -3.64. The lowest BCUT2D eigenvalue weighted by atomic mass is 10.0. The summed E-state index contributed by atoms with van der Waals surface area (Å²) >= 11 is 6.06. The van der Waals surface area contributed by atoms with Crippen LogP contribution in [0.15, 0.2) is 88.7 Å². The standard InChI is InChI=1S/C31H28ClFN2O6S2/c1-20(36)19-35(43(40,41)25-13-10-21-16-24(32)12-9-22(21)17-25)29-7-5-15-34(31(29)37)28-14-11-23(18-27(28)33)26-6-3-4-8-30(26)42(2,38)39/h3-4,6,8-14,16-18,29H,5,7,15,19H2,1-2H3. The number of ketones is 1. The van der Waals surface area contributed by atoms with Crippen LogP contribution in [-0.4, -0.2) is 58.2 Å². The lowest BCUT2D eigenvalue weighted by Crippen LogP contribution is -2.55. The molecule has 1 saturated heterocycles. The van der Waals surface area contributed by atoms with E-state index in [1.54, 1.807) is 42.5 Å². The number of sulfonamides is 1. The molecule has 1 aliphatic heterocycles. The molecule has 1 fully saturated rings. The highest BCUT2D eigenvalue weighted by atomic mass is 35.5. The lowest BCUT2D eigenvalue weighted by molar-refractivity contribution is -0.124. The predicted octanol–water partition coefficient (Wildman–Crippen LogP) is 5.48. The van der Waals surface area contributed by atoms with Gasteiger partial charge in [0, 0.05) is 23.4 Å². The van der Waals surface area contributed by atoms with Gasteiger partial charge in [-0.05, 0) is 78.6 Å². The molecule has 1 heterocycles. The van der Waals surface area contributed by atoms with E-state index in [0.29, 0.717) is 28.0 Å². The Bertz CT molecular complexity index is 1980. The second-order valence-electron chi connectivity index (χ2n) is 10.5. The van der Waals surface area contributed by atoms with E-state index in [-0.39, 0.29) is 28.4 Å². The number of sulfone groups is 1. The molecular weight excluding hydrogens is 615 g/mol. The molecule has 0 aliphatic carbocycles. The monoisotopic (exact) mass is 642 g/mol. The average molecular weight is 643 g/mol. The van der Waals surface area contributed by atoms with Crippen molar-refractivity contribution in [2.45, 2.75) is 35.6 Å². The molecule has 12 heteroatoms. The minimum Gasteiger partial charge on any atom is -0.308 e. The zero-order valence-corrected chi connectivity index (χ0v) is 25.7. The van der Waals surface area contributed by atoms with Crippen LogP contribution in [0.2, 0.25) is 5.02 Å². The smallest absolute Gasteiger partial charge is 0.245 e. The molecule has 1 unspecified atom stereocenters. The summed E-state index contributed by atoms with van der Waals surface area (Å²) in [4.78, 5) is 27.2. The van der Waals surface area contributed by atoms with E-state index in [1.165, 1.54) is 42.2 Å². The van der Waals surface area contributed by atoms with Crippen molar-refractivity contribution >= 4 is 59.6 Å². The number of hydrogen-bond acceptors (Lipinski definition) is 6. The van der Waals surface area contributed by atoms with Crippen molar-refractivity contribution in [1.82, 2.24) is 4.31 Å². The molecule has 5 rings (SSSR count). The normalized spacial score (nSPS) is 16.2. The van der Waals surface area contributed by atoms with Gasteiger partial charge < -0.3 is 4.90 Å². The lowest BCUT2D eigenvalue weighted by Gasteiger charge is -2.37. The third kappa shape index (κ3) is 6.21. The number of fused-ring (bicyclic) bond motifs is 1. The van der Waals surface area contributed by atoms with Crippen LogP contribution in [0.3, 0.4) is 0 Å². The minimum atomic E-state index is -4.33. The van der Waals surface area contributed by atoms with Gasteiger partial charge in [-0.2, -0.15) is 4.31 Å². The second kappa shape index (κ2) is 11.8. The number of nitrogens with zero attached hydrogens (tertiary/aromatic N) is 2. The molecule has 43 heavy (non-hydrogen) atoms. The van der Waals surface area contributed by atoms with Gasteiger partial charge in [0.1, 0.15) is 17.6 Å². The number of rotatable bonds is 8. The summed E-state index contributed by atoms with van der Waals surface area (Å²) in [6, 6.07) is 18.5. The number of halogens is 2. The van der Waals surface area contributed by atoms with Crippen LogP contribution in [-0.2, 0) is 29.4 Å². The fourth-order valence-electron chi connectivity index (χ4n) is 5.36. The summed E-state index contributed by atoms with van der Waals surface area (Å²) in [5.41, 5.74) is 0.550. The van der Waals surface area contributed by atoms with Crippen molar-refractivity contribution in [1.29, 1.82) is 0 Å². The molecule has 0 saturated carbocycles. The van der Waals surface area contributed by atoms with Crippen molar-refractivity contribution in [2.75, 3.05) is 24.2 Å². The summed E-state index contributed by atoms with van der Waals surface area (Å²) in [6.45, 7) is 0.841. The van der Waals surface area contributed by atoms with Gasteiger partial charge in [0.15, 0.2) is 9.84 Å². The molecule has 4 aromatic carbocycles. The van der Waals surface area contributed by atoms with E-state index >= 15 is 4.39 Å². The molecule has 0 aromatic heterocycles. The molecule has 4 aromatic rings. The van der Waals surface area contributed by atoms with Gasteiger partial charge in [0.25, 0.3) is 0 Å². The van der Waals surface area contributed by atoms with Gasteiger partial charge >= 0.3 is 0 Å². The highest BCUT2D eigenvalue weighted by Gasteiger charge is 2.41. The van der Waals surface area contributed by atoms with Gasteiger partial charge in [-0.1, -0.05) is 48.0 Å². The van der Waals surface area contributed by atoms with Gasteiger partial charge in [0.2, 0.25) is 15.9 Å². The maximum atomic E-state index is 15.6. The topological polar surface area (TPSA) is 109 Å². The molecule has 0 radical (unpaired) electrons. The van der Waals surface area contributed by atoms with Crippen LogP contribution in [0.5, 0.6) is 0 Å². The van der Waals surface area contributed by atoms with Crippen LogP contribution in [0.25, 0.3) is 21.9 Å². The molecule has 1 aliphatic rings. The number of Topliss-reactive ketones (excluding diaryl/α,β-unsaturated/α-hetero) is 1. The SMILES string of the molecule is CC(=O)CN(C1CCCN(c2ccc(-c3ccccc3S(C)(=O)=O)cc2F)C1=O)S(=O)(=O)c1ccc2cc(Cl)ccc2c1. The van der Waals surface area contributed by atoms with E-state index < -0.39 is 50.0 Å². The van der Waals surface area contributed by atoms with Gasteiger partial charge in [0.05, 0.1) is 22.0 Å². The molecule has 0 N–H and O–H groups in total. The number of benzene rings is 4. The molecule has 224 valence electrons. The van der Waals surface area contributed by atoms with E-state index in [1.807, 2.05) is 0 Å². The third-order valence-corrected chi connectivity index (χ3v) is 10.6. The molecular formula is C31H28ClFN2O6S2. The van der Waals surface area contributed by atoms with Gasteiger partial charge in [-0.15, -0.1) is 0 Å². The van der Waals surface area contributed by atoms with Gasteiger partial charge in [-0.25, -0.2) is 21.2 Å². The number of carbonyl (C=O) groups is 2. The average Bonchev–Trinajstić information content (AvgIpc) is 2.95. The first-order chi connectivity index (χ1) is 20.3. The Morgan fingerprint density at radius 3 is 2.37 bits per heavy atom.